The summed E-state index contributed by atoms with van der Waals surface area (Å²) in [5.41, 5.74) is 1.42. The Morgan fingerprint density at radius 3 is 2.39 bits per heavy atom. The van der Waals surface area contributed by atoms with Crippen molar-refractivity contribution in [2.45, 2.75) is 31.7 Å². The van der Waals surface area contributed by atoms with E-state index >= 15 is 0 Å². The van der Waals surface area contributed by atoms with E-state index < -0.39 is 0 Å². The molecule has 0 amide bonds. The van der Waals surface area contributed by atoms with Crippen molar-refractivity contribution in [1.29, 1.82) is 0 Å². The minimum Gasteiger partial charge on any atom is -0.299 e. The van der Waals surface area contributed by atoms with Gasteiger partial charge in [-0.1, -0.05) is 49.4 Å². The molecule has 0 fully saturated rings. The molecule has 1 rings (SSSR count). The molecule has 0 heterocycles. The first kappa shape index (κ1) is 14.7. The quantitative estimate of drug-likeness (QED) is 0.617. The van der Waals surface area contributed by atoms with Crippen LogP contribution in [0.3, 0.4) is 0 Å². The third kappa shape index (κ3) is 4.50. The van der Waals surface area contributed by atoms with Crippen LogP contribution in [-0.2, 0) is 0 Å². The minimum atomic E-state index is 0.538. The highest BCUT2D eigenvalue weighted by Gasteiger charge is 2.16. The maximum atomic E-state index is 3.87. The Morgan fingerprint density at radius 1 is 1.17 bits per heavy atom. The first-order chi connectivity index (χ1) is 8.69. The number of benzene rings is 1. The molecule has 1 aromatic carbocycles. The normalized spacial score (nSPS) is 14.2. The molecule has 1 nitrogen and oxygen atoms in total. The Morgan fingerprint density at radius 2 is 1.83 bits per heavy atom. The Hall–Kier alpha value is -1.34. The van der Waals surface area contributed by atoms with Crippen LogP contribution < -0.4 is 0 Å². The van der Waals surface area contributed by atoms with Gasteiger partial charge in [0.15, 0.2) is 0 Å². The van der Waals surface area contributed by atoms with Crippen molar-refractivity contribution >= 4 is 0 Å². The molecule has 0 saturated carbocycles. The lowest BCUT2D eigenvalue weighted by molar-refractivity contribution is 0.244. The van der Waals surface area contributed by atoms with Gasteiger partial charge in [-0.25, -0.2) is 0 Å². The van der Waals surface area contributed by atoms with E-state index in [0.29, 0.717) is 12.0 Å². The molecule has 0 unspecified atom stereocenters. The van der Waals surface area contributed by atoms with Crippen molar-refractivity contribution in [1.82, 2.24) is 4.90 Å². The van der Waals surface area contributed by atoms with E-state index in [1.807, 2.05) is 12.2 Å². The maximum absolute atomic E-state index is 3.87. The van der Waals surface area contributed by atoms with E-state index in [2.05, 4.69) is 62.4 Å². The Balaban J connectivity index is 2.65. The highest BCUT2D eigenvalue weighted by Crippen LogP contribution is 2.23. The van der Waals surface area contributed by atoms with Crippen molar-refractivity contribution < 1.29 is 0 Å². The molecule has 0 aliphatic carbocycles. The fraction of sp³-hybridized carbons (Fsp3) is 0.412. The predicted octanol–water partition coefficient (Wildman–Crippen LogP) is 4.24. The summed E-state index contributed by atoms with van der Waals surface area (Å²) in [6.07, 6.45) is 6.16. The Bertz CT molecular complexity index is 355. The van der Waals surface area contributed by atoms with Gasteiger partial charge in [0.2, 0.25) is 0 Å². The maximum Gasteiger partial charge on any atom is 0.0160 e. The van der Waals surface area contributed by atoms with Gasteiger partial charge in [0.25, 0.3) is 0 Å². The first-order valence-electron chi connectivity index (χ1n) is 6.66. The highest BCUT2D eigenvalue weighted by molar-refractivity contribution is 5.19. The monoisotopic (exact) mass is 243 g/mol. The van der Waals surface area contributed by atoms with Crippen molar-refractivity contribution in [3.8, 4) is 0 Å². The van der Waals surface area contributed by atoms with Crippen molar-refractivity contribution in [3.05, 3.63) is 61.2 Å². The molecule has 0 saturated heterocycles. The molecular formula is C17H25N. The molecule has 0 radical (unpaired) electrons. The zero-order chi connectivity index (χ0) is 13.4. The molecule has 0 bridgehead atoms. The first-order valence-corrected chi connectivity index (χ1v) is 6.66. The van der Waals surface area contributed by atoms with Crippen LogP contribution in [0.1, 0.15) is 31.2 Å². The number of hydrogen-bond donors (Lipinski definition) is 0. The van der Waals surface area contributed by atoms with Crippen LogP contribution in [0.25, 0.3) is 0 Å². The molecule has 98 valence electrons. The molecule has 18 heavy (non-hydrogen) atoms. The second kappa shape index (κ2) is 7.88. The molecular weight excluding hydrogens is 218 g/mol. The zero-order valence-corrected chi connectivity index (χ0v) is 11.7. The predicted molar refractivity (Wildman–Crippen MR) is 80.9 cm³/mol. The third-order valence-electron chi connectivity index (χ3n) is 3.47. The SMILES string of the molecule is C=CC[C@H](C[C@@H](C)c1ccccc1)N(C)CC=C. The van der Waals surface area contributed by atoms with Crippen molar-refractivity contribution in [3.63, 3.8) is 0 Å². The largest absolute Gasteiger partial charge is 0.299 e. The third-order valence-corrected chi connectivity index (χ3v) is 3.47. The summed E-state index contributed by atoms with van der Waals surface area (Å²) in [5, 5.41) is 0. The van der Waals surface area contributed by atoms with Crippen LogP contribution in [0.2, 0.25) is 0 Å². The summed E-state index contributed by atoms with van der Waals surface area (Å²) < 4.78 is 0. The van der Waals surface area contributed by atoms with Crippen LogP contribution in [-0.4, -0.2) is 24.5 Å². The molecule has 0 aliphatic rings. The van der Waals surface area contributed by atoms with Gasteiger partial charge in [0.05, 0.1) is 0 Å². The van der Waals surface area contributed by atoms with Gasteiger partial charge in [0, 0.05) is 12.6 Å². The van der Waals surface area contributed by atoms with Gasteiger partial charge in [0.1, 0.15) is 0 Å². The smallest absolute Gasteiger partial charge is 0.0160 e. The van der Waals surface area contributed by atoms with E-state index in [1.165, 1.54) is 5.56 Å². The summed E-state index contributed by atoms with van der Waals surface area (Å²) in [5.74, 6) is 0.573. The highest BCUT2D eigenvalue weighted by atomic mass is 15.1. The standard InChI is InChI=1S/C17H25N/c1-5-10-17(18(4)13-6-2)14-15(3)16-11-8-7-9-12-16/h5-9,11-12,15,17H,1-2,10,13-14H2,3-4H3/t15-,17-/m1/s1. The summed E-state index contributed by atoms with van der Waals surface area (Å²) in [6.45, 7) is 10.9. The number of rotatable bonds is 8. The van der Waals surface area contributed by atoms with Crippen LogP contribution in [0.15, 0.2) is 55.6 Å². The molecule has 0 N–H and O–H groups in total. The second-order valence-electron chi connectivity index (χ2n) is 4.95. The molecule has 0 spiro atoms. The van der Waals surface area contributed by atoms with Crippen molar-refractivity contribution in [2.24, 2.45) is 0 Å². The zero-order valence-electron chi connectivity index (χ0n) is 11.7. The van der Waals surface area contributed by atoms with Crippen molar-refractivity contribution in [2.75, 3.05) is 13.6 Å². The molecule has 1 aromatic rings. The molecule has 1 heteroatoms. The van der Waals surface area contributed by atoms with Gasteiger partial charge >= 0.3 is 0 Å². The fourth-order valence-corrected chi connectivity index (χ4v) is 2.33. The molecule has 0 aromatic heterocycles. The van der Waals surface area contributed by atoms with E-state index in [-0.39, 0.29) is 0 Å². The summed E-state index contributed by atoms with van der Waals surface area (Å²) >= 11 is 0. The van der Waals surface area contributed by atoms with E-state index in [1.54, 1.807) is 0 Å². The van der Waals surface area contributed by atoms with E-state index in [4.69, 9.17) is 0 Å². The fourth-order valence-electron chi connectivity index (χ4n) is 2.33. The van der Waals surface area contributed by atoms with Crippen LogP contribution in [0.5, 0.6) is 0 Å². The lowest BCUT2D eigenvalue weighted by Crippen LogP contribution is -2.32. The lowest BCUT2D eigenvalue weighted by Gasteiger charge is -2.28. The van der Waals surface area contributed by atoms with Crippen LogP contribution in [0.4, 0.5) is 0 Å². The van der Waals surface area contributed by atoms with Crippen LogP contribution in [0, 0.1) is 0 Å². The molecule has 2 atom stereocenters. The second-order valence-corrected chi connectivity index (χ2v) is 4.95. The number of likely N-dealkylation sites (N-methyl/N-ethyl adjacent to an activating group) is 1. The van der Waals surface area contributed by atoms with E-state index in [9.17, 15) is 0 Å². The average Bonchev–Trinajstić information content (AvgIpc) is 2.39. The Labute approximate surface area is 112 Å². The summed E-state index contributed by atoms with van der Waals surface area (Å²) in [4.78, 5) is 2.36. The Kier molecular flexibility index (Phi) is 6.45. The summed E-state index contributed by atoms with van der Waals surface area (Å²) in [6, 6.07) is 11.3. The summed E-state index contributed by atoms with van der Waals surface area (Å²) in [7, 11) is 2.16. The number of hydrogen-bond acceptors (Lipinski definition) is 1. The number of nitrogens with zero attached hydrogens (tertiary/aromatic N) is 1. The van der Waals surface area contributed by atoms with Crippen LogP contribution >= 0.6 is 0 Å². The van der Waals surface area contributed by atoms with Gasteiger partial charge in [-0.3, -0.25) is 4.90 Å². The topological polar surface area (TPSA) is 3.24 Å². The van der Waals surface area contributed by atoms with E-state index in [0.717, 1.165) is 19.4 Å². The molecule has 0 aliphatic heterocycles. The minimum absolute atomic E-state index is 0.538. The van der Waals surface area contributed by atoms with Gasteiger partial charge in [-0.2, -0.15) is 0 Å². The van der Waals surface area contributed by atoms with Gasteiger partial charge in [-0.05, 0) is 31.4 Å². The van der Waals surface area contributed by atoms with Gasteiger partial charge in [-0.15, -0.1) is 13.2 Å². The lowest BCUT2D eigenvalue weighted by atomic mass is 9.92. The van der Waals surface area contributed by atoms with Gasteiger partial charge < -0.3 is 0 Å². The average molecular weight is 243 g/mol.